The maximum absolute atomic E-state index is 12.3. The summed E-state index contributed by atoms with van der Waals surface area (Å²) in [6.45, 7) is 8.26. The van der Waals surface area contributed by atoms with Gasteiger partial charge in [-0.1, -0.05) is 12.1 Å². The molecule has 2 aromatic rings. The predicted octanol–water partition coefficient (Wildman–Crippen LogP) is 1.67. The van der Waals surface area contributed by atoms with E-state index in [0.717, 1.165) is 55.6 Å². The van der Waals surface area contributed by atoms with Gasteiger partial charge in [-0.25, -0.2) is 22.7 Å². The minimum absolute atomic E-state index is 0.343. The summed E-state index contributed by atoms with van der Waals surface area (Å²) < 4.78 is 25.9. The number of hydrogen-bond acceptors (Lipinski definition) is 6. The molecule has 0 saturated carbocycles. The van der Waals surface area contributed by atoms with Gasteiger partial charge in [0, 0.05) is 58.6 Å². The maximum atomic E-state index is 12.3. The Bertz CT molecular complexity index is 886. The van der Waals surface area contributed by atoms with E-state index in [9.17, 15) is 8.42 Å². The molecule has 7 nitrogen and oxygen atoms in total. The first-order valence-corrected chi connectivity index (χ1v) is 10.5. The van der Waals surface area contributed by atoms with Crippen LogP contribution in [0.15, 0.2) is 35.2 Å². The fourth-order valence-corrected chi connectivity index (χ4v) is 4.24. The van der Waals surface area contributed by atoms with Crippen molar-refractivity contribution in [1.29, 1.82) is 0 Å². The van der Waals surface area contributed by atoms with E-state index in [1.54, 1.807) is 26.2 Å². The molecule has 3 rings (SSSR count). The Hall–Kier alpha value is -2.03. The second-order valence-corrected chi connectivity index (χ2v) is 9.26. The van der Waals surface area contributed by atoms with Gasteiger partial charge in [0.2, 0.25) is 10.0 Å². The lowest BCUT2D eigenvalue weighted by atomic mass is 10.2. The second kappa shape index (κ2) is 7.92. The molecular weight excluding hydrogens is 362 g/mol. The first-order chi connectivity index (χ1) is 12.8. The summed E-state index contributed by atoms with van der Waals surface area (Å²) in [5.74, 6) is 1.78. The van der Waals surface area contributed by atoms with E-state index >= 15 is 0 Å². The Morgan fingerprint density at radius 1 is 1.04 bits per heavy atom. The van der Waals surface area contributed by atoms with E-state index < -0.39 is 10.0 Å². The van der Waals surface area contributed by atoms with Crippen LogP contribution < -0.4 is 4.90 Å². The normalized spacial score (nSPS) is 16.1. The van der Waals surface area contributed by atoms with Gasteiger partial charge in [0.05, 0.1) is 4.90 Å². The number of anilines is 1. The van der Waals surface area contributed by atoms with E-state index in [4.69, 9.17) is 0 Å². The van der Waals surface area contributed by atoms with Crippen molar-refractivity contribution >= 4 is 15.8 Å². The predicted molar refractivity (Wildman–Crippen MR) is 106 cm³/mol. The monoisotopic (exact) mass is 389 g/mol. The molecule has 0 aliphatic carbocycles. The van der Waals surface area contributed by atoms with Crippen molar-refractivity contribution in [2.24, 2.45) is 0 Å². The quantitative estimate of drug-likeness (QED) is 0.775. The summed E-state index contributed by atoms with van der Waals surface area (Å²) in [5.41, 5.74) is 2.00. The lowest BCUT2D eigenvalue weighted by Gasteiger charge is -2.35. The Labute approximate surface area is 161 Å². The molecule has 0 bridgehead atoms. The molecule has 0 unspecified atom stereocenters. The fraction of sp³-hybridized carbons (Fsp3) is 0.474. The van der Waals surface area contributed by atoms with Crippen molar-refractivity contribution in [3.8, 4) is 0 Å². The zero-order chi connectivity index (χ0) is 19.6. The number of aromatic nitrogens is 2. The topological polar surface area (TPSA) is 69.6 Å². The van der Waals surface area contributed by atoms with E-state index in [1.165, 1.54) is 4.31 Å². The van der Waals surface area contributed by atoms with Crippen LogP contribution in [0.25, 0.3) is 0 Å². The molecule has 1 aromatic carbocycles. The molecule has 27 heavy (non-hydrogen) atoms. The third-order valence-electron chi connectivity index (χ3n) is 4.73. The summed E-state index contributed by atoms with van der Waals surface area (Å²) in [5, 5.41) is 0. The first kappa shape index (κ1) is 19.7. The van der Waals surface area contributed by atoms with Crippen molar-refractivity contribution < 1.29 is 8.42 Å². The van der Waals surface area contributed by atoms with E-state index in [0.29, 0.717) is 4.90 Å². The van der Waals surface area contributed by atoms with Crippen LogP contribution in [0.3, 0.4) is 0 Å². The summed E-state index contributed by atoms with van der Waals surface area (Å²) in [6.07, 6.45) is 0. The van der Waals surface area contributed by atoms with Gasteiger partial charge in [-0.3, -0.25) is 4.90 Å². The molecule has 1 aromatic heterocycles. The van der Waals surface area contributed by atoms with E-state index in [-0.39, 0.29) is 0 Å². The van der Waals surface area contributed by atoms with Crippen LogP contribution in [-0.2, 0) is 16.6 Å². The van der Waals surface area contributed by atoms with Crippen LogP contribution in [-0.4, -0.2) is 67.9 Å². The largest absolute Gasteiger partial charge is 0.354 e. The molecule has 0 atom stereocenters. The first-order valence-electron chi connectivity index (χ1n) is 9.07. The number of piperazine rings is 1. The number of rotatable bonds is 5. The van der Waals surface area contributed by atoms with Crippen molar-refractivity contribution in [3.63, 3.8) is 0 Å². The van der Waals surface area contributed by atoms with Gasteiger partial charge in [0.1, 0.15) is 11.6 Å². The average molecular weight is 390 g/mol. The fourth-order valence-electron chi connectivity index (χ4n) is 3.27. The molecule has 146 valence electrons. The molecule has 0 amide bonds. The highest BCUT2D eigenvalue weighted by atomic mass is 32.2. The average Bonchev–Trinajstić information content (AvgIpc) is 2.61. The van der Waals surface area contributed by atoms with Crippen LogP contribution in [0.1, 0.15) is 17.1 Å². The Kier molecular flexibility index (Phi) is 5.78. The summed E-state index contributed by atoms with van der Waals surface area (Å²) >= 11 is 0. The van der Waals surface area contributed by atoms with Gasteiger partial charge in [-0.2, -0.15) is 0 Å². The lowest BCUT2D eigenvalue weighted by Crippen LogP contribution is -2.46. The lowest BCUT2D eigenvalue weighted by molar-refractivity contribution is 0.249. The summed E-state index contributed by atoms with van der Waals surface area (Å²) in [4.78, 5) is 13.9. The minimum atomic E-state index is -3.40. The molecule has 1 saturated heterocycles. The van der Waals surface area contributed by atoms with Crippen LogP contribution in [0.2, 0.25) is 0 Å². The SMILES string of the molecule is Cc1cc(N2CCN(Cc3cccc(S(=O)(=O)N(C)C)c3)CC2)nc(C)n1. The van der Waals surface area contributed by atoms with Gasteiger partial charge in [-0.15, -0.1) is 0 Å². The molecule has 8 heteroatoms. The molecule has 0 radical (unpaired) electrons. The molecular formula is C19H27N5O2S. The van der Waals surface area contributed by atoms with Gasteiger partial charge in [0.15, 0.2) is 0 Å². The Morgan fingerprint density at radius 2 is 1.74 bits per heavy atom. The second-order valence-electron chi connectivity index (χ2n) is 7.11. The molecule has 1 aliphatic heterocycles. The number of nitrogens with zero attached hydrogens (tertiary/aromatic N) is 5. The summed E-state index contributed by atoms with van der Waals surface area (Å²) in [6, 6.07) is 9.25. The minimum Gasteiger partial charge on any atom is -0.354 e. The zero-order valence-electron chi connectivity index (χ0n) is 16.4. The van der Waals surface area contributed by atoms with Crippen molar-refractivity contribution in [3.05, 3.63) is 47.4 Å². The van der Waals surface area contributed by atoms with Gasteiger partial charge in [0.25, 0.3) is 0 Å². The number of hydrogen-bond donors (Lipinski definition) is 0. The molecule has 0 spiro atoms. The highest BCUT2D eigenvalue weighted by Crippen LogP contribution is 2.19. The third kappa shape index (κ3) is 4.63. The van der Waals surface area contributed by atoms with Crippen molar-refractivity contribution in [1.82, 2.24) is 19.2 Å². The maximum Gasteiger partial charge on any atom is 0.242 e. The van der Waals surface area contributed by atoms with Crippen LogP contribution in [0.4, 0.5) is 5.82 Å². The van der Waals surface area contributed by atoms with Crippen LogP contribution >= 0.6 is 0 Å². The smallest absolute Gasteiger partial charge is 0.242 e. The van der Waals surface area contributed by atoms with Crippen LogP contribution in [0.5, 0.6) is 0 Å². The number of sulfonamides is 1. The standard InChI is InChI=1S/C19H27N5O2S/c1-15-12-19(21-16(2)20-15)24-10-8-23(9-11-24)14-17-6-5-7-18(13-17)27(25,26)22(3)4/h5-7,12-13H,8-11,14H2,1-4H3. The number of aryl methyl sites for hydroxylation is 2. The summed E-state index contributed by atoms with van der Waals surface area (Å²) in [7, 11) is -0.294. The van der Waals surface area contributed by atoms with Crippen molar-refractivity contribution in [2.45, 2.75) is 25.3 Å². The van der Waals surface area contributed by atoms with Gasteiger partial charge >= 0.3 is 0 Å². The van der Waals surface area contributed by atoms with E-state index in [1.807, 2.05) is 32.0 Å². The van der Waals surface area contributed by atoms with Gasteiger partial charge < -0.3 is 4.90 Å². The molecule has 0 N–H and O–H groups in total. The Balaban J connectivity index is 1.64. The van der Waals surface area contributed by atoms with Crippen molar-refractivity contribution in [2.75, 3.05) is 45.2 Å². The Morgan fingerprint density at radius 3 is 2.37 bits per heavy atom. The third-order valence-corrected chi connectivity index (χ3v) is 6.54. The molecule has 1 aliphatic rings. The highest BCUT2D eigenvalue weighted by Gasteiger charge is 2.20. The number of benzene rings is 1. The highest BCUT2D eigenvalue weighted by molar-refractivity contribution is 7.89. The van der Waals surface area contributed by atoms with E-state index in [2.05, 4.69) is 19.8 Å². The molecule has 2 heterocycles. The molecule has 1 fully saturated rings. The van der Waals surface area contributed by atoms with Crippen LogP contribution in [0, 0.1) is 13.8 Å². The zero-order valence-corrected chi connectivity index (χ0v) is 17.2. The van der Waals surface area contributed by atoms with Gasteiger partial charge in [-0.05, 0) is 31.5 Å².